The summed E-state index contributed by atoms with van der Waals surface area (Å²) in [5.41, 5.74) is -0.775. The highest BCUT2D eigenvalue weighted by Crippen LogP contribution is 2.32. The number of carbonyl (C=O) groups is 1. The van der Waals surface area contributed by atoms with Crippen LogP contribution in [0, 0.1) is 5.41 Å². The van der Waals surface area contributed by atoms with Crippen LogP contribution in [0.15, 0.2) is 29.2 Å². The zero-order valence-electron chi connectivity index (χ0n) is 14.5. The quantitative estimate of drug-likeness (QED) is 0.674. The van der Waals surface area contributed by atoms with Crippen molar-refractivity contribution in [3.8, 4) is 0 Å². The molecule has 1 aliphatic rings. The van der Waals surface area contributed by atoms with E-state index in [9.17, 15) is 18.0 Å². The molecule has 2 rings (SSSR count). The van der Waals surface area contributed by atoms with Crippen molar-refractivity contribution in [2.24, 2.45) is 5.41 Å². The number of ether oxygens (including phenoxy) is 1. The number of amides is 1. The van der Waals surface area contributed by atoms with Crippen LogP contribution in [0.3, 0.4) is 0 Å². The second-order valence-electron chi connectivity index (χ2n) is 6.27. The van der Waals surface area contributed by atoms with Gasteiger partial charge in [0.25, 0.3) is 0 Å². The number of methoxy groups -OCH3 is 1. The number of benzene rings is 1. The first-order chi connectivity index (χ1) is 11.8. The van der Waals surface area contributed by atoms with Gasteiger partial charge >= 0.3 is 6.18 Å². The Balaban J connectivity index is 0.00000338. The predicted octanol–water partition coefficient (Wildman–Crippen LogP) is 3.35. The number of halogens is 4. The third kappa shape index (κ3) is 6.98. The molecule has 0 atom stereocenters. The Morgan fingerprint density at radius 2 is 2.04 bits per heavy atom. The molecule has 1 aromatic carbocycles. The fourth-order valence-corrected chi connectivity index (χ4v) is 3.67. The lowest BCUT2D eigenvalue weighted by Crippen LogP contribution is -2.47. The SMILES string of the molecule is COCC1(CNC(=O)CSc2cccc(C(F)(F)F)c2)CCNCC1.Cl. The molecule has 4 nitrogen and oxygen atoms in total. The van der Waals surface area contributed by atoms with Gasteiger partial charge in [0.1, 0.15) is 0 Å². The number of piperidine rings is 1. The maximum atomic E-state index is 12.7. The van der Waals surface area contributed by atoms with Crippen LogP contribution in [0.4, 0.5) is 13.2 Å². The topological polar surface area (TPSA) is 50.4 Å². The third-order valence-electron chi connectivity index (χ3n) is 4.31. The Hall–Kier alpha value is -0.960. The van der Waals surface area contributed by atoms with E-state index < -0.39 is 11.7 Å². The van der Waals surface area contributed by atoms with Crippen molar-refractivity contribution in [1.82, 2.24) is 10.6 Å². The van der Waals surface area contributed by atoms with Crippen molar-refractivity contribution in [3.63, 3.8) is 0 Å². The smallest absolute Gasteiger partial charge is 0.384 e. The second kappa shape index (κ2) is 10.4. The minimum atomic E-state index is -4.37. The lowest BCUT2D eigenvalue weighted by atomic mass is 9.79. The van der Waals surface area contributed by atoms with Crippen molar-refractivity contribution < 1.29 is 22.7 Å². The highest BCUT2D eigenvalue weighted by Gasteiger charge is 2.32. The number of alkyl halides is 3. The minimum Gasteiger partial charge on any atom is -0.384 e. The van der Waals surface area contributed by atoms with Crippen molar-refractivity contribution >= 4 is 30.1 Å². The van der Waals surface area contributed by atoms with E-state index in [1.807, 2.05) is 0 Å². The molecule has 1 amide bonds. The molecule has 0 saturated carbocycles. The number of nitrogens with one attached hydrogen (secondary N) is 2. The van der Waals surface area contributed by atoms with Crippen LogP contribution in [0.25, 0.3) is 0 Å². The highest BCUT2D eigenvalue weighted by atomic mass is 35.5. The normalized spacial score (nSPS) is 16.6. The molecule has 1 saturated heterocycles. The van der Waals surface area contributed by atoms with Crippen molar-refractivity contribution in [3.05, 3.63) is 29.8 Å². The Kier molecular flexibility index (Phi) is 9.23. The molecule has 1 aliphatic heterocycles. The van der Waals surface area contributed by atoms with Gasteiger partial charge in [0.15, 0.2) is 0 Å². The maximum Gasteiger partial charge on any atom is 0.416 e. The van der Waals surface area contributed by atoms with Crippen LogP contribution < -0.4 is 10.6 Å². The lowest BCUT2D eigenvalue weighted by Gasteiger charge is -2.37. The van der Waals surface area contributed by atoms with E-state index in [1.165, 1.54) is 6.07 Å². The molecule has 0 aromatic heterocycles. The summed E-state index contributed by atoms with van der Waals surface area (Å²) in [7, 11) is 1.65. The van der Waals surface area contributed by atoms with Gasteiger partial charge in [-0.3, -0.25) is 4.79 Å². The summed E-state index contributed by atoms with van der Waals surface area (Å²) in [6.07, 6.45) is -2.54. The molecular weight excluding hydrogens is 389 g/mol. The van der Waals surface area contributed by atoms with E-state index in [4.69, 9.17) is 4.74 Å². The second-order valence-corrected chi connectivity index (χ2v) is 7.32. The van der Waals surface area contributed by atoms with Gasteiger partial charge < -0.3 is 15.4 Å². The van der Waals surface area contributed by atoms with Gasteiger partial charge in [0.2, 0.25) is 5.91 Å². The van der Waals surface area contributed by atoms with Gasteiger partial charge in [-0.2, -0.15) is 13.2 Å². The molecule has 26 heavy (non-hydrogen) atoms. The van der Waals surface area contributed by atoms with E-state index in [2.05, 4.69) is 10.6 Å². The molecule has 148 valence electrons. The van der Waals surface area contributed by atoms with Gasteiger partial charge in [0.05, 0.1) is 17.9 Å². The van der Waals surface area contributed by atoms with Crippen LogP contribution in [0.5, 0.6) is 0 Å². The molecule has 0 aliphatic carbocycles. The molecular formula is C17H24ClF3N2O2S. The van der Waals surface area contributed by atoms with Crippen LogP contribution >= 0.6 is 24.2 Å². The fraction of sp³-hybridized carbons (Fsp3) is 0.588. The molecule has 0 bridgehead atoms. The first kappa shape index (κ1) is 23.1. The van der Waals surface area contributed by atoms with E-state index in [0.717, 1.165) is 49.8 Å². The Morgan fingerprint density at radius 1 is 1.35 bits per heavy atom. The summed E-state index contributed by atoms with van der Waals surface area (Å²) >= 11 is 1.10. The Bertz CT molecular complexity index is 576. The number of hydrogen-bond donors (Lipinski definition) is 2. The van der Waals surface area contributed by atoms with E-state index in [0.29, 0.717) is 18.0 Å². The van der Waals surface area contributed by atoms with Crippen LogP contribution in [0.1, 0.15) is 18.4 Å². The number of carbonyl (C=O) groups excluding carboxylic acids is 1. The average molecular weight is 413 g/mol. The summed E-state index contributed by atoms with van der Waals surface area (Å²) in [5.74, 6) is -0.0979. The highest BCUT2D eigenvalue weighted by molar-refractivity contribution is 8.00. The van der Waals surface area contributed by atoms with Gasteiger partial charge in [0, 0.05) is 24.0 Å². The fourth-order valence-electron chi connectivity index (χ4n) is 2.88. The molecule has 0 spiro atoms. The molecule has 2 N–H and O–H groups in total. The van der Waals surface area contributed by atoms with Gasteiger partial charge in [-0.05, 0) is 44.1 Å². The van der Waals surface area contributed by atoms with Gasteiger partial charge in [-0.1, -0.05) is 6.07 Å². The molecule has 1 heterocycles. The predicted molar refractivity (Wildman–Crippen MR) is 98.8 cm³/mol. The Morgan fingerprint density at radius 3 is 2.65 bits per heavy atom. The van der Waals surface area contributed by atoms with Gasteiger partial charge in [-0.25, -0.2) is 0 Å². The van der Waals surface area contributed by atoms with Crippen molar-refractivity contribution in [1.29, 1.82) is 0 Å². The lowest BCUT2D eigenvalue weighted by molar-refractivity contribution is -0.137. The maximum absolute atomic E-state index is 12.7. The summed E-state index contributed by atoms with van der Waals surface area (Å²) in [4.78, 5) is 12.5. The molecule has 0 unspecified atom stereocenters. The van der Waals surface area contributed by atoms with Gasteiger partial charge in [-0.15, -0.1) is 24.2 Å². The molecule has 9 heteroatoms. The van der Waals surface area contributed by atoms with Crippen LogP contribution in [-0.4, -0.2) is 45.0 Å². The summed E-state index contributed by atoms with van der Waals surface area (Å²) in [6.45, 7) is 2.87. The zero-order chi connectivity index (χ0) is 18.3. The van der Waals surface area contributed by atoms with E-state index in [1.54, 1.807) is 13.2 Å². The summed E-state index contributed by atoms with van der Waals surface area (Å²) < 4.78 is 43.4. The molecule has 1 aromatic rings. The van der Waals surface area contributed by atoms with E-state index in [-0.39, 0.29) is 29.5 Å². The van der Waals surface area contributed by atoms with Crippen LogP contribution in [-0.2, 0) is 15.7 Å². The molecule has 0 radical (unpaired) electrons. The Labute approximate surface area is 162 Å². The minimum absolute atomic E-state index is 0. The largest absolute Gasteiger partial charge is 0.416 e. The number of rotatable bonds is 7. The summed E-state index contributed by atoms with van der Waals surface area (Å²) in [6, 6.07) is 5.02. The van der Waals surface area contributed by atoms with Crippen LogP contribution in [0.2, 0.25) is 0 Å². The van der Waals surface area contributed by atoms with Crippen molar-refractivity contribution in [2.75, 3.05) is 39.1 Å². The summed E-state index contributed by atoms with van der Waals surface area (Å²) in [5, 5.41) is 6.19. The average Bonchev–Trinajstić information content (AvgIpc) is 2.59. The molecule has 1 fully saturated rings. The standard InChI is InChI=1S/C17H23F3N2O2S.ClH/c1-24-12-16(5-7-21-8-6-16)11-22-15(23)10-25-14-4-2-3-13(9-14)17(18,19)20;/h2-4,9,21H,5-8,10-12H2,1H3,(H,22,23);1H. The first-order valence-electron chi connectivity index (χ1n) is 8.11. The number of thioether (sulfide) groups is 1. The zero-order valence-corrected chi connectivity index (χ0v) is 16.2. The van der Waals surface area contributed by atoms with Crippen molar-refractivity contribution in [2.45, 2.75) is 23.9 Å². The number of hydrogen-bond acceptors (Lipinski definition) is 4. The monoisotopic (exact) mass is 412 g/mol. The first-order valence-corrected chi connectivity index (χ1v) is 9.10. The third-order valence-corrected chi connectivity index (χ3v) is 5.30. The van der Waals surface area contributed by atoms with E-state index >= 15 is 0 Å².